The number of amides is 2. The van der Waals surface area contributed by atoms with Gasteiger partial charge in [-0.15, -0.1) is 0 Å². The largest absolute Gasteiger partial charge is 0.367 e. The van der Waals surface area contributed by atoms with E-state index in [9.17, 15) is 14.0 Å². The maximum atomic E-state index is 13.9. The fraction of sp³-hybridized carbons (Fsp3) is 0.567. The van der Waals surface area contributed by atoms with Gasteiger partial charge in [0.1, 0.15) is 12.4 Å². The molecule has 2 saturated heterocycles. The van der Waals surface area contributed by atoms with E-state index >= 15 is 0 Å². The van der Waals surface area contributed by atoms with Crippen LogP contribution in [0.25, 0.3) is 0 Å². The van der Waals surface area contributed by atoms with Gasteiger partial charge < -0.3 is 19.9 Å². The van der Waals surface area contributed by atoms with Crippen LogP contribution in [0, 0.1) is 5.82 Å². The Kier molecular flexibility index (Phi) is 8.03. The van der Waals surface area contributed by atoms with E-state index < -0.39 is 0 Å². The summed E-state index contributed by atoms with van der Waals surface area (Å²) < 4.78 is 19.0. The number of halogens is 1. The Bertz CT molecular complexity index is 1200. The third-order valence-electron chi connectivity index (χ3n) is 8.20. The fourth-order valence-electron chi connectivity index (χ4n) is 5.96. The monoisotopic (exact) mass is 537 g/mol. The number of nitrogens with zero attached hydrogens (tertiary/aromatic N) is 4. The topological polar surface area (TPSA) is 78.0 Å². The first-order chi connectivity index (χ1) is 18.6. The van der Waals surface area contributed by atoms with E-state index in [1.807, 2.05) is 16.0 Å². The SMILES string of the molecule is CCC1CN(C[C@H]2CNC(C)CN2CC(=O)N2CC(C)(C)c3ncc(Cc4ccc(F)cc4)cc32)C(=O)CO1. The standard InChI is InChI=1S/C30H40FN5O3/c1-5-25-16-35(28(38)18-39-25)15-24-13-32-20(2)14-34(24)17-27(37)36-19-30(3,4)29-26(36)11-22(12-33-29)10-21-6-8-23(31)9-7-21/h6-9,11-12,20,24-25,32H,5,10,13-19H2,1-4H3/t20?,24-,25?/m1/s1. The molecule has 8 nitrogen and oxygen atoms in total. The zero-order chi connectivity index (χ0) is 27.7. The molecule has 3 atom stereocenters. The van der Waals surface area contributed by atoms with Gasteiger partial charge in [0.25, 0.3) is 0 Å². The second-order valence-electron chi connectivity index (χ2n) is 11.9. The number of piperazine rings is 1. The third-order valence-corrected chi connectivity index (χ3v) is 8.20. The van der Waals surface area contributed by atoms with Crippen molar-refractivity contribution in [3.63, 3.8) is 0 Å². The fourth-order valence-corrected chi connectivity index (χ4v) is 5.96. The van der Waals surface area contributed by atoms with Gasteiger partial charge in [0, 0.05) is 56.4 Å². The van der Waals surface area contributed by atoms with Crippen molar-refractivity contribution >= 4 is 17.5 Å². The smallest absolute Gasteiger partial charge is 0.248 e. The van der Waals surface area contributed by atoms with E-state index in [0.717, 1.165) is 42.0 Å². The molecule has 2 unspecified atom stereocenters. The maximum absolute atomic E-state index is 13.9. The van der Waals surface area contributed by atoms with Gasteiger partial charge in [0.05, 0.1) is 24.0 Å². The van der Waals surface area contributed by atoms with Gasteiger partial charge in [-0.05, 0) is 49.1 Å². The molecule has 3 aliphatic heterocycles. The first kappa shape index (κ1) is 27.7. The molecule has 0 saturated carbocycles. The van der Waals surface area contributed by atoms with Gasteiger partial charge in [-0.2, -0.15) is 0 Å². The Hall–Kier alpha value is -2.88. The van der Waals surface area contributed by atoms with Crippen LogP contribution in [0.15, 0.2) is 36.5 Å². The van der Waals surface area contributed by atoms with Crippen LogP contribution in [-0.4, -0.2) is 90.7 Å². The predicted molar refractivity (Wildman–Crippen MR) is 148 cm³/mol. The molecule has 2 aromatic rings. The lowest BCUT2D eigenvalue weighted by Gasteiger charge is -2.43. The quantitative estimate of drug-likeness (QED) is 0.586. The minimum absolute atomic E-state index is 0.0135. The van der Waals surface area contributed by atoms with Crippen LogP contribution in [0.3, 0.4) is 0 Å². The number of ether oxygens (including phenoxy) is 1. The molecule has 1 aromatic heterocycles. The Balaban J connectivity index is 1.32. The minimum Gasteiger partial charge on any atom is -0.367 e. The van der Waals surface area contributed by atoms with Crippen molar-refractivity contribution in [1.82, 2.24) is 20.1 Å². The normalized spacial score (nSPS) is 25.2. The number of anilines is 1. The Morgan fingerprint density at radius 3 is 2.72 bits per heavy atom. The van der Waals surface area contributed by atoms with Gasteiger partial charge in [-0.25, -0.2) is 4.39 Å². The molecule has 3 aliphatic rings. The number of hydrogen-bond donors (Lipinski definition) is 1. The number of benzene rings is 1. The zero-order valence-corrected chi connectivity index (χ0v) is 23.5. The van der Waals surface area contributed by atoms with E-state index in [1.165, 1.54) is 12.1 Å². The molecule has 0 bridgehead atoms. The van der Waals surface area contributed by atoms with E-state index in [2.05, 4.69) is 44.0 Å². The summed E-state index contributed by atoms with van der Waals surface area (Å²) in [7, 11) is 0. The molecule has 0 spiro atoms. The molecule has 2 amide bonds. The van der Waals surface area contributed by atoms with Crippen LogP contribution in [-0.2, 0) is 26.2 Å². The number of nitrogens with one attached hydrogen (secondary N) is 1. The number of hydrogen-bond acceptors (Lipinski definition) is 6. The summed E-state index contributed by atoms with van der Waals surface area (Å²) in [4.78, 5) is 37.3. The molecule has 1 N–H and O–H groups in total. The second kappa shape index (κ2) is 11.3. The summed E-state index contributed by atoms with van der Waals surface area (Å²) in [5.74, 6) is -0.200. The van der Waals surface area contributed by atoms with Crippen LogP contribution in [0.4, 0.5) is 10.1 Å². The summed E-state index contributed by atoms with van der Waals surface area (Å²) in [5, 5.41) is 3.53. The van der Waals surface area contributed by atoms with Crippen molar-refractivity contribution < 1.29 is 18.7 Å². The van der Waals surface area contributed by atoms with Gasteiger partial charge in [0.2, 0.25) is 11.8 Å². The van der Waals surface area contributed by atoms with Gasteiger partial charge in [-0.3, -0.25) is 19.5 Å². The van der Waals surface area contributed by atoms with E-state index in [0.29, 0.717) is 26.1 Å². The van der Waals surface area contributed by atoms with E-state index in [-0.39, 0.29) is 54.4 Å². The number of morpholine rings is 1. The van der Waals surface area contributed by atoms with Crippen LogP contribution < -0.4 is 10.2 Å². The predicted octanol–water partition coefficient (Wildman–Crippen LogP) is 2.74. The molecule has 39 heavy (non-hydrogen) atoms. The first-order valence-electron chi connectivity index (χ1n) is 14.0. The van der Waals surface area contributed by atoms with Crippen LogP contribution >= 0.6 is 0 Å². The summed E-state index contributed by atoms with van der Waals surface area (Å²) in [5.41, 5.74) is 3.51. The number of carbonyl (C=O) groups excluding carboxylic acids is 2. The van der Waals surface area contributed by atoms with Crippen LogP contribution in [0.2, 0.25) is 0 Å². The van der Waals surface area contributed by atoms with Gasteiger partial charge in [0.15, 0.2) is 0 Å². The molecule has 2 fully saturated rings. The van der Waals surface area contributed by atoms with Crippen LogP contribution in [0.1, 0.15) is 50.9 Å². The van der Waals surface area contributed by atoms with Crippen molar-refractivity contribution in [1.29, 1.82) is 0 Å². The highest BCUT2D eigenvalue weighted by Gasteiger charge is 2.41. The van der Waals surface area contributed by atoms with Crippen LogP contribution in [0.5, 0.6) is 0 Å². The average Bonchev–Trinajstić information content (AvgIpc) is 3.18. The minimum atomic E-state index is -0.259. The Labute approximate surface area is 230 Å². The second-order valence-corrected chi connectivity index (χ2v) is 11.9. The average molecular weight is 538 g/mol. The lowest BCUT2D eigenvalue weighted by atomic mass is 9.91. The van der Waals surface area contributed by atoms with Crippen molar-refractivity contribution in [3.8, 4) is 0 Å². The summed E-state index contributed by atoms with van der Waals surface area (Å²) in [6.45, 7) is 12.1. The Morgan fingerprint density at radius 1 is 1.21 bits per heavy atom. The molecule has 1 aromatic carbocycles. The molecule has 9 heteroatoms. The lowest BCUT2D eigenvalue weighted by molar-refractivity contribution is -0.150. The first-order valence-corrected chi connectivity index (χ1v) is 14.0. The van der Waals surface area contributed by atoms with E-state index in [4.69, 9.17) is 9.72 Å². The third kappa shape index (κ3) is 6.15. The van der Waals surface area contributed by atoms with Gasteiger partial charge >= 0.3 is 0 Å². The summed E-state index contributed by atoms with van der Waals surface area (Å²) in [6, 6.07) is 8.85. The lowest BCUT2D eigenvalue weighted by Crippen LogP contribution is -2.62. The molecule has 0 aliphatic carbocycles. The maximum Gasteiger partial charge on any atom is 0.248 e. The van der Waals surface area contributed by atoms with Crippen molar-refractivity contribution in [2.45, 2.75) is 64.1 Å². The molecule has 0 radical (unpaired) electrons. The summed E-state index contributed by atoms with van der Waals surface area (Å²) >= 11 is 0. The number of pyridine rings is 1. The van der Waals surface area contributed by atoms with Crippen molar-refractivity contribution in [3.05, 3.63) is 59.2 Å². The molecule has 210 valence electrons. The highest BCUT2D eigenvalue weighted by Crippen LogP contribution is 2.39. The zero-order valence-electron chi connectivity index (χ0n) is 23.5. The van der Waals surface area contributed by atoms with Crippen molar-refractivity contribution in [2.24, 2.45) is 0 Å². The molecular weight excluding hydrogens is 497 g/mol. The van der Waals surface area contributed by atoms with E-state index in [1.54, 1.807) is 12.1 Å². The number of carbonyl (C=O) groups is 2. The van der Waals surface area contributed by atoms with Gasteiger partial charge in [-0.1, -0.05) is 32.9 Å². The Morgan fingerprint density at radius 2 is 1.97 bits per heavy atom. The molecular formula is C30H40FN5O3. The van der Waals surface area contributed by atoms with Crippen molar-refractivity contribution in [2.75, 3.05) is 50.8 Å². The highest BCUT2D eigenvalue weighted by atomic mass is 19.1. The molecule has 4 heterocycles. The molecule has 5 rings (SSSR count). The number of aromatic nitrogens is 1. The summed E-state index contributed by atoms with van der Waals surface area (Å²) in [6.07, 6.45) is 3.42. The number of rotatable bonds is 7. The number of fused-ring (bicyclic) bond motifs is 1. The highest BCUT2D eigenvalue weighted by molar-refractivity contribution is 5.97.